The number of alkyl halides is 3. The van der Waals surface area contributed by atoms with Crippen LogP contribution >= 0.6 is 0 Å². The van der Waals surface area contributed by atoms with Gasteiger partial charge in [-0.05, 0) is 19.4 Å². The van der Waals surface area contributed by atoms with Gasteiger partial charge in [-0.1, -0.05) is 0 Å². The molecule has 0 spiro atoms. The Hall–Kier alpha value is -0.780. The van der Waals surface area contributed by atoms with E-state index in [4.69, 9.17) is 5.73 Å². The van der Waals surface area contributed by atoms with E-state index in [2.05, 4.69) is 5.32 Å². The summed E-state index contributed by atoms with van der Waals surface area (Å²) in [6.45, 7) is 0.192. The van der Waals surface area contributed by atoms with Crippen LogP contribution in [0.25, 0.3) is 0 Å². The topological polar surface area (TPSA) is 55.1 Å². The van der Waals surface area contributed by atoms with Gasteiger partial charge < -0.3 is 11.1 Å². The van der Waals surface area contributed by atoms with Crippen LogP contribution < -0.4 is 11.1 Å². The summed E-state index contributed by atoms with van der Waals surface area (Å²) < 4.78 is 36.5. The Morgan fingerprint density at radius 3 is 2.54 bits per heavy atom. The van der Waals surface area contributed by atoms with Crippen LogP contribution in [-0.2, 0) is 4.79 Å². The van der Waals surface area contributed by atoms with Crippen molar-refractivity contribution in [3.05, 3.63) is 0 Å². The quantitative estimate of drug-likeness (QED) is 0.637. The Bertz CT molecular complexity index is 204. The average molecular weight is 196 g/mol. The molecule has 0 saturated carbocycles. The van der Waals surface area contributed by atoms with Gasteiger partial charge in [0.15, 0.2) is 0 Å². The second kappa shape index (κ2) is 3.53. The highest BCUT2D eigenvalue weighted by molar-refractivity contribution is 5.76. The number of piperidine rings is 1. The first-order valence-electron chi connectivity index (χ1n) is 4.00. The zero-order valence-electron chi connectivity index (χ0n) is 6.90. The Morgan fingerprint density at radius 1 is 1.46 bits per heavy atom. The summed E-state index contributed by atoms with van der Waals surface area (Å²) in [6, 6.07) is -1.58. The third-order valence-electron chi connectivity index (χ3n) is 2.20. The maximum absolute atomic E-state index is 12.2. The molecule has 1 aliphatic heterocycles. The van der Waals surface area contributed by atoms with Crippen molar-refractivity contribution in [1.82, 2.24) is 5.32 Å². The SMILES string of the molecule is NC(=O)C1CCNC(C(F)(F)F)C1. The lowest BCUT2D eigenvalue weighted by Gasteiger charge is -2.29. The van der Waals surface area contributed by atoms with E-state index in [1.54, 1.807) is 0 Å². The number of hydrogen-bond donors (Lipinski definition) is 2. The normalized spacial score (nSPS) is 30.1. The van der Waals surface area contributed by atoms with Crippen molar-refractivity contribution in [3.8, 4) is 0 Å². The van der Waals surface area contributed by atoms with Gasteiger partial charge in [0.25, 0.3) is 0 Å². The summed E-state index contributed by atoms with van der Waals surface area (Å²) in [5.74, 6) is -1.29. The highest BCUT2D eigenvalue weighted by Crippen LogP contribution is 2.28. The predicted molar refractivity (Wildman–Crippen MR) is 39.8 cm³/mol. The molecule has 0 aliphatic carbocycles. The molecule has 0 aromatic carbocycles. The Morgan fingerprint density at radius 2 is 2.08 bits per heavy atom. The number of nitrogens with one attached hydrogen (secondary N) is 1. The van der Waals surface area contributed by atoms with E-state index >= 15 is 0 Å². The summed E-state index contributed by atoms with van der Waals surface area (Å²) in [4.78, 5) is 10.7. The van der Waals surface area contributed by atoms with E-state index in [1.807, 2.05) is 0 Å². The van der Waals surface area contributed by atoms with Gasteiger partial charge in [0, 0.05) is 5.92 Å². The molecule has 0 radical (unpaired) electrons. The molecule has 0 bridgehead atoms. The number of hydrogen-bond acceptors (Lipinski definition) is 2. The van der Waals surface area contributed by atoms with Crippen LogP contribution in [0.4, 0.5) is 13.2 Å². The van der Waals surface area contributed by atoms with Crippen LogP contribution in [0.2, 0.25) is 0 Å². The first kappa shape index (κ1) is 10.3. The van der Waals surface area contributed by atoms with Crippen molar-refractivity contribution in [2.24, 2.45) is 11.7 Å². The number of amides is 1. The van der Waals surface area contributed by atoms with Crippen LogP contribution in [-0.4, -0.2) is 24.7 Å². The van der Waals surface area contributed by atoms with Crippen LogP contribution in [0.5, 0.6) is 0 Å². The highest BCUT2D eigenvalue weighted by atomic mass is 19.4. The van der Waals surface area contributed by atoms with Gasteiger partial charge in [-0.15, -0.1) is 0 Å². The average Bonchev–Trinajstić information content (AvgIpc) is 2.03. The molecule has 1 amide bonds. The molecule has 76 valence electrons. The van der Waals surface area contributed by atoms with Crippen LogP contribution in [0.3, 0.4) is 0 Å². The number of primary amides is 1. The van der Waals surface area contributed by atoms with E-state index in [-0.39, 0.29) is 13.0 Å². The Balaban J connectivity index is 2.57. The van der Waals surface area contributed by atoms with Gasteiger partial charge in [-0.2, -0.15) is 13.2 Å². The molecule has 1 heterocycles. The van der Waals surface area contributed by atoms with Gasteiger partial charge in [0.05, 0.1) is 0 Å². The second-order valence-electron chi connectivity index (χ2n) is 3.17. The van der Waals surface area contributed by atoms with E-state index in [9.17, 15) is 18.0 Å². The lowest BCUT2D eigenvalue weighted by atomic mass is 9.92. The molecule has 3 nitrogen and oxygen atoms in total. The Kier molecular flexibility index (Phi) is 2.80. The van der Waals surface area contributed by atoms with Crippen LogP contribution in [0, 0.1) is 5.92 Å². The molecule has 0 aromatic rings. The number of halogens is 3. The maximum atomic E-state index is 12.2. The molecule has 3 N–H and O–H groups in total. The third kappa shape index (κ3) is 2.58. The van der Waals surface area contributed by atoms with E-state index in [1.165, 1.54) is 0 Å². The maximum Gasteiger partial charge on any atom is 0.403 e. The fourth-order valence-electron chi connectivity index (χ4n) is 1.43. The van der Waals surface area contributed by atoms with Crippen LogP contribution in [0.1, 0.15) is 12.8 Å². The zero-order chi connectivity index (χ0) is 10.1. The zero-order valence-corrected chi connectivity index (χ0v) is 6.90. The molecule has 1 aliphatic rings. The van der Waals surface area contributed by atoms with Crippen molar-refractivity contribution in [3.63, 3.8) is 0 Å². The Labute approximate surface area is 73.5 Å². The molecule has 0 aromatic heterocycles. The molecular weight excluding hydrogens is 185 g/mol. The second-order valence-corrected chi connectivity index (χ2v) is 3.17. The van der Waals surface area contributed by atoms with E-state index in [0.717, 1.165) is 0 Å². The van der Waals surface area contributed by atoms with Crippen molar-refractivity contribution >= 4 is 5.91 Å². The van der Waals surface area contributed by atoms with E-state index < -0.39 is 24.0 Å². The van der Waals surface area contributed by atoms with Gasteiger partial charge in [-0.25, -0.2) is 0 Å². The summed E-state index contributed by atoms with van der Waals surface area (Å²) in [5.41, 5.74) is 4.94. The molecule has 1 fully saturated rings. The molecule has 13 heavy (non-hydrogen) atoms. The van der Waals surface area contributed by atoms with Crippen molar-refractivity contribution < 1.29 is 18.0 Å². The molecule has 2 atom stereocenters. The summed E-state index contributed by atoms with van der Waals surface area (Å²) in [5, 5.41) is 2.31. The number of rotatable bonds is 1. The fraction of sp³-hybridized carbons (Fsp3) is 0.857. The van der Waals surface area contributed by atoms with Crippen molar-refractivity contribution in [2.75, 3.05) is 6.54 Å². The molecular formula is C7H11F3N2O. The standard InChI is InChI=1S/C7H11F3N2O/c8-7(9,10)5-3-4(6(11)13)1-2-12-5/h4-5,12H,1-3H2,(H2,11,13). The monoisotopic (exact) mass is 196 g/mol. The summed E-state index contributed by atoms with van der Waals surface area (Å²) >= 11 is 0. The predicted octanol–water partition coefficient (Wildman–Crippen LogP) is 0.402. The molecule has 1 saturated heterocycles. The third-order valence-corrected chi connectivity index (χ3v) is 2.20. The van der Waals surface area contributed by atoms with Gasteiger partial charge in [-0.3, -0.25) is 4.79 Å². The minimum Gasteiger partial charge on any atom is -0.369 e. The summed E-state index contributed by atoms with van der Waals surface area (Å²) in [6.07, 6.45) is -4.13. The largest absolute Gasteiger partial charge is 0.403 e. The minimum absolute atomic E-state index is 0.192. The molecule has 6 heteroatoms. The number of carbonyl (C=O) groups is 1. The van der Waals surface area contributed by atoms with Crippen molar-refractivity contribution in [1.29, 1.82) is 0 Å². The highest BCUT2D eigenvalue weighted by Gasteiger charge is 2.43. The summed E-state index contributed by atoms with van der Waals surface area (Å²) in [7, 11) is 0. The van der Waals surface area contributed by atoms with Crippen molar-refractivity contribution in [2.45, 2.75) is 25.1 Å². The first-order chi connectivity index (χ1) is 5.91. The number of nitrogens with two attached hydrogens (primary N) is 1. The van der Waals surface area contributed by atoms with E-state index in [0.29, 0.717) is 6.42 Å². The number of carbonyl (C=O) groups excluding carboxylic acids is 1. The fourth-order valence-corrected chi connectivity index (χ4v) is 1.43. The minimum atomic E-state index is -4.28. The smallest absolute Gasteiger partial charge is 0.369 e. The van der Waals surface area contributed by atoms with Gasteiger partial charge in [0.1, 0.15) is 6.04 Å². The molecule has 1 rings (SSSR count). The van der Waals surface area contributed by atoms with Crippen LogP contribution in [0.15, 0.2) is 0 Å². The lowest BCUT2D eigenvalue weighted by molar-refractivity contribution is -0.164. The van der Waals surface area contributed by atoms with Gasteiger partial charge in [0.2, 0.25) is 5.91 Å². The van der Waals surface area contributed by atoms with Gasteiger partial charge >= 0.3 is 6.18 Å². The molecule has 2 unspecified atom stereocenters. The lowest BCUT2D eigenvalue weighted by Crippen LogP contribution is -2.49. The first-order valence-corrected chi connectivity index (χ1v) is 4.00.